The van der Waals surface area contributed by atoms with Crippen LogP contribution in [0.1, 0.15) is 35.6 Å². The van der Waals surface area contributed by atoms with Gasteiger partial charge in [0.2, 0.25) is 10.0 Å². The first-order valence-electron chi connectivity index (χ1n) is 6.95. The molecule has 2 heterocycles. The first-order valence-corrected chi connectivity index (χ1v) is 9.17. The van der Waals surface area contributed by atoms with Crippen LogP contribution in [0.3, 0.4) is 0 Å². The van der Waals surface area contributed by atoms with Gasteiger partial charge in [-0.25, -0.2) is 8.42 Å². The highest BCUT2D eigenvalue weighted by molar-refractivity contribution is 7.88. The summed E-state index contributed by atoms with van der Waals surface area (Å²) < 4.78 is 25.1. The first-order chi connectivity index (χ1) is 9.45. The molecular weight excluding hydrogens is 296 g/mol. The van der Waals surface area contributed by atoms with E-state index >= 15 is 0 Å². The van der Waals surface area contributed by atoms with Crippen LogP contribution in [-0.2, 0) is 23.0 Å². The lowest BCUT2D eigenvalue weighted by atomic mass is 9.91. The highest BCUT2D eigenvalue weighted by Gasteiger charge is 2.28. The van der Waals surface area contributed by atoms with Gasteiger partial charge in [-0.15, -0.1) is 0 Å². The number of fused-ring (bicyclic) bond motifs is 1. The van der Waals surface area contributed by atoms with Crippen molar-refractivity contribution in [3.8, 4) is 0 Å². The molecule has 2 aliphatic heterocycles. The van der Waals surface area contributed by atoms with Crippen LogP contribution in [-0.4, -0.2) is 32.1 Å². The summed E-state index contributed by atoms with van der Waals surface area (Å²) in [7, 11) is -3.14. The van der Waals surface area contributed by atoms with Gasteiger partial charge in [-0.05, 0) is 54.6 Å². The summed E-state index contributed by atoms with van der Waals surface area (Å²) >= 11 is 6.23. The number of nitrogens with zero attached hydrogens (tertiary/aromatic N) is 1. The third-order valence-corrected chi connectivity index (χ3v) is 5.68. The molecule has 1 fully saturated rings. The van der Waals surface area contributed by atoms with E-state index in [2.05, 4.69) is 5.32 Å². The number of hydrogen-bond donors (Lipinski definition) is 1. The molecule has 1 saturated heterocycles. The monoisotopic (exact) mass is 314 g/mol. The molecule has 0 aliphatic carbocycles. The summed E-state index contributed by atoms with van der Waals surface area (Å²) in [6, 6.07) is 4.28. The maximum absolute atomic E-state index is 11.8. The molecule has 0 radical (unpaired) electrons. The molecule has 20 heavy (non-hydrogen) atoms. The Hall–Kier alpha value is -0.620. The molecule has 1 N–H and O–H groups in total. The van der Waals surface area contributed by atoms with E-state index in [4.69, 9.17) is 11.6 Å². The summed E-state index contributed by atoms with van der Waals surface area (Å²) in [4.78, 5) is 0. The van der Waals surface area contributed by atoms with Gasteiger partial charge in [0.15, 0.2) is 0 Å². The van der Waals surface area contributed by atoms with E-state index in [0.717, 1.165) is 36.4 Å². The quantitative estimate of drug-likeness (QED) is 0.909. The van der Waals surface area contributed by atoms with Gasteiger partial charge in [0, 0.05) is 24.2 Å². The topological polar surface area (TPSA) is 49.4 Å². The van der Waals surface area contributed by atoms with Crippen molar-refractivity contribution in [2.75, 3.05) is 19.3 Å². The van der Waals surface area contributed by atoms with Gasteiger partial charge in [0.05, 0.1) is 6.26 Å². The predicted octanol–water partition coefficient (Wildman–Crippen LogP) is 2.08. The minimum absolute atomic E-state index is 0.307. The maximum atomic E-state index is 11.8. The van der Waals surface area contributed by atoms with Crippen LogP contribution < -0.4 is 5.32 Å². The van der Waals surface area contributed by atoms with E-state index in [1.54, 1.807) is 4.31 Å². The van der Waals surface area contributed by atoms with Crippen LogP contribution in [0.25, 0.3) is 0 Å². The lowest BCUT2D eigenvalue weighted by Crippen LogP contribution is -2.36. The minimum Gasteiger partial charge on any atom is -0.310 e. The van der Waals surface area contributed by atoms with Crippen molar-refractivity contribution in [1.29, 1.82) is 0 Å². The van der Waals surface area contributed by atoms with Crippen LogP contribution in [0.4, 0.5) is 0 Å². The number of benzene rings is 1. The zero-order valence-electron chi connectivity index (χ0n) is 11.5. The van der Waals surface area contributed by atoms with Crippen LogP contribution in [0.15, 0.2) is 12.1 Å². The molecule has 0 aromatic heterocycles. The van der Waals surface area contributed by atoms with Crippen molar-refractivity contribution in [3.63, 3.8) is 0 Å². The number of halogens is 1. The Balaban J connectivity index is 2.02. The summed E-state index contributed by atoms with van der Waals surface area (Å²) in [6.45, 7) is 2.03. The molecule has 6 heteroatoms. The maximum Gasteiger partial charge on any atom is 0.211 e. The second-order valence-electron chi connectivity index (χ2n) is 5.63. The minimum atomic E-state index is -3.14. The van der Waals surface area contributed by atoms with Crippen molar-refractivity contribution < 1.29 is 8.42 Å². The van der Waals surface area contributed by atoms with Crippen LogP contribution in [0.5, 0.6) is 0 Å². The zero-order chi connectivity index (χ0) is 14.3. The Morgan fingerprint density at radius 2 is 2.20 bits per heavy atom. The molecule has 3 rings (SSSR count). The number of nitrogens with one attached hydrogen (secondary N) is 1. The lowest BCUT2D eigenvalue weighted by Gasteiger charge is -2.30. The fraction of sp³-hybridized carbons (Fsp3) is 0.571. The molecule has 110 valence electrons. The second kappa shape index (κ2) is 5.30. The molecule has 0 bridgehead atoms. The van der Waals surface area contributed by atoms with Crippen molar-refractivity contribution >= 4 is 21.6 Å². The molecule has 1 aromatic carbocycles. The van der Waals surface area contributed by atoms with E-state index < -0.39 is 10.0 Å². The molecule has 1 unspecified atom stereocenters. The standard InChI is InChI=1S/C14H19ClN2O2S/c1-20(18,19)17-6-4-10-7-11(15)8-12(13(10)9-17)14-3-2-5-16-14/h7-8,14,16H,2-6,9H2,1H3. The van der Waals surface area contributed by atoms with Crippen LogP contribution >= 0.6 is 11.6 Å². The van der Waals surface area contributed by atoms with Gasteiger partial charge in [-0.2, -0.15) is 4.31 Å². The molecule has 1 aromatic rings. The van der Waals surface area contributed by atoms with Crippen molar-refractivity contribution in [2.45, 2.75) is 31.8 Å². The molecule has 0 spiro atoms. The van der Waals surface area contributed by atoms with E-state index in [9.17, 15) is 8.42 Å². The van der Waals surface area contributed by atoms with Crippen molar-refractivity contribution in [2.24, 2.45) is 0 Å². The first kappa shape index (κ1) is 14.3. The number of rotatable bonds is 2. The Kier molecular flexibility index (Phi) is 3.79. The van der Waals surface area contributed by atoms with E-state index in [1.165, 1.54) is 17.4 Å². The number of sulfonamides is 1. The molecule has 1 atom stereocenters. The summed E-state index contributed by atoms with van der Waals surface area (Å²) in [5, 5.41) is 4.23. The number of hydrogen-bond acceptors (Lipinski definition) is 3. The van der Waals surface area contributed by atoms with E-state index in [1.807, 2.05) is 12.1 Å². The van der Waals surface area contributed by atoms with Crippen molar-refractivity contribution in [1.82, 2.24) is 9.62 Å². The SMILES string of the molecule is CS(=O)(=O)N1CCc2cc(Cl)cc(C3CCCN3)c2C1. The fourth-order valence-corrected chi connectivity index (χ4v) is 4.21. The van der Waals surface area contributed by atoms with Crippen LogP contribution in [0.2, 0.25) is 5.02 Å². The Morgan fingerprint density at radius 1 is 1.40 bits per heavy atom. The highest BCUT2D eigenvalue weighted by atomic mass is 35.5. The second-order valence-corrected chi connectivity index (χ2v) is 8.05. The molecule has 4 nitrogen and oxygen atoms in total. The van der Waals surface area contributed by atoms with E-state index in [0.29, 0.717) is 19.1 Å². The van der Waals surface area contributed by atoms with Gasteiger partial charge >= 0.3 is 0 Å². The Morgan fingerprint density at radius 3 is 2.85 bits per heavy atom. The summed E-state index contributed by atoms with van der Waals surface area (Å²) in [6.07, 6.45) is 4.26. The van der Waals surface area contributed by atoms with E-state index in [-0.39, 0.29) is 0 Å². The van der Waals surface area contributed by atoms with Gasteiger partial charge in [0.1, 0.15) is 0 Å². The predicted molar refractivity (Wildman–Crippen MR) is 80.4 cm³/mol. The highest BCUT2D eigenvalue weighted by Crippen LogP contribution is 2.34. The van der Waals surface area contributed by atoms with Crippen molar-refractivity contribution in [3.05, 3.63) is 33.8 Å². The lowest BCUT2D eigenvalue weighted by molar-refractivity contribution is 0.391. The molecule has 0 amide bonds. The largest absolute Gasteiger partial charge is 0.310 e. The Labute approximate surface area is 125 Å². The van der Waals surface area contributed by atoms with Crippen LogP contribution in [0, 0.1) is 0 Å². The average molecular weight is 315 g/mol. The smallest absolute Gasteiger partial charge is 0.211 e. The average Bonchev–Trinajstić information content (AvgIpc) is 2.89. The summed E-state index contributed by atoms with van der Waals surface area (Å²) in [5.74, 6) is 0. The third kappa shape index (κ3) is 2.72. The molecule has 2 aliphatic rings. The Bertz CT molecular complexity index is 624. The summed E-state index contributed by atoms with van der Waals surface area (Å²) in [5.41, 5.74) is 3.52. The molecular formula is C14H19ClN2O2S. The zero-order valence-corrected chi connectivity index (χ0v) is 13.1. The van der Waals surface area contributed by atoms with Gasteiger partial charge in [-0.1, -0.05) is 11.6 Å². The van der Waals surface area contributed by atoms with Gasteiger partial charge in [-0.3, -0.25) is 0 Å². The van der Waals surface area contributed by atoms with Gasteiger partial charge < -0.3 is 5.32 Å². The van der Waals surface area contributed by atoms with Gasteiger partial charge in [0.25, 0.3) is 0 Å². The normalized spacial score (nSPS) is 23.8. The third-order valence-electron chi connectivity index (χ3n) is 4.21. The molecule has 0 saturated carbocycles. The fourth-order valence-electron chi connectivity index (χ4n) is 3.18.